The number of rotatable bonds is 5. The number of esters is 1. The average molecular weight is 186 g/mol. The van der Waals surface area contributed by atoms with Crippen molar-refractivity contribution in [3.8, 4) is 0 Å². The number of carbonyl (C=O) groups excluding carboxylic acids is 3. The molecule has 0 heterocycles. The molecule has 0 spiro atoms. The van der Waals surface area contributed by atoms with Gasteiger partial charge in [0, 0.05) is 5.92 Å². The van der Waals surface area contributed by atoms with Crippen molar-refractivity contribution in [2.24, 2.45) is 5.92 Å². The normalized spacial score (nSPS) is 9.85. The zero-order chi connectivity index (χ0) is 10.4. The average Bonchev–Trinajstić information content (AvgIpc) is 2.03. The molecule has 0 N–H and O–H groups in total. The first-order chi connectivity index (χ1) is 5.97. The van der Waals surface area contributed by atoms with Gasteiger partial charge in [0.2, 0.25) is 0 Å². The Bertz CT molecular complexity index is 218. The van der Waals surface area contributed by atoms with Crippen LogP contribution in [0.15, 0.2) is 0 Å². The van der Waals surface area contributed by atoms with E-state index in [0.717, 1.165) is 0 Å². The second-order valence-electron chi connectivity index (χ2n) is 3.09. The van der Waals surface area contributed by atoms with Gasteiger partial charge in [-0.3, -0.25) is 14.4 Å². The van der Waals surface area contributed by atoms with E-state index in [1.165, 1.54) is 7.11 Å². The topological polar surface area (TPSA) is 60.4 Å². The highest BCUT2D eigenvalue weighted by Crippen LogP contribution is 2.01. The highest BCUT2D eigenvalue weighted by molar-refractivity contribution is 6.05. The summed E-state index contributed by atoms with van der Waals surface area (Å²) < 4.78 is 4.29. The maximum atomic E-state index is 11.1. The van der Waals surface area contributed by atoms with Crippen LogP contribution >= 0.6 is 0 Å². The fourth-order valence-corrected chi connectivity index (χ4v) is 0.694. The summed E-state index contributed by atoms with van der Waals surface area (Å²) in [6.07, 6.45) is -0.484. The summed E-state index contributed by atoms with van der Waals surface area (Å²) in [4.78, 5) is 32.7. The Morgan fingerprint density at radius 2 is 1.69 bits per heavy atom. The lowest BCUT2D eigenvalue weighted by molar-refractivity contribution is -0.143. The third kappa shape index (κ3) is 5.11. The van der Waals surface area contributed by atoms with Gasteiger partial charge in [0.15, 0.2) is 5.78 Å². The van der Waals surface area contributed by atoms with E-state index >= 15 is 0 Å². The van der Waals surface area contributed by atoms with Crippen molar-refractivity contribution >= 4 is 17.5 Å². The van der Waals surface area contributed by atoms with Crippen LogP contribution in [0, 0.1) is 5.92 Å². The minimum absolute atomic E-state index is 0.145. The maximum Gasteiger partial charge on any atom is 0.313 e. The predicted octanol–water partition coefficient (Wildman–Crippen LogP) is 0.734. The first-order valence-corrected chi connectivity index (χ1v) is 4.08. The van der Waals surface area contributed by atoms with Gasteiger partial charge in [-0.05, 0) is 0 Å². The van der Waals surface area contributed by atoms with Gasteiger partial charge in [0.05, 0.1) is 13.5 Å². The van der Waals surface area contributed by atoms with E-state index < -0.39 is 5.97 Å². The Labute approximate surface area is 77.3 Å². The van der Waals surface area contributed by atoms with Crippen molar-refractivity contribution in [1.82, 2.24) is 0 Å². The number of hydrogen-bond acceptors (Lipinski definition) is 4. The molecule has 0 saturated carbocycles. The molecule has 0 bridgehead atoms. The highest BCUT2D eigenvalue weighted by Gasteiger charge is 2.15. The number of carbonyl (C=O) groups is 3. The van der Waals surface area contributed by atoms with E-state index in [2.05, 4.69) is 4.74 Å². The van der Waals surface area contributed by atoms with Crippen LogP contribution in [0.1, 0.15) is 26.7 Å². The minimum atomic E-state index is -0.596. The molecule has 0 amide bonds. The van der Waals surface area contributed by atoms with Crippen molar-refractivity contribution < 1.29 is 19.1 Å². The van der Waals surface area contributed by atoms with Gasteiger partial charge in [-0.25, -0.2) is 0 Å². The molecule has 0 unspecified atom stereocenters. The number of Topliss-reactive ketones (excluding diaryl/α,β-unsaturated/α-hetero) is 2. The van der Waals surface area contributed by atoms with Gasteiger partial charge in [-0.1, -0.05) is 13.8 Å². The Kier molecular flexibility index (Phi) is 4.96. The van der Waals surface area contributed by atoms with E-state index in [1.54, 1.807) is 13.8 Å². The predicted molar refractivity (Wildman–Crippen MR) is 46.1 cm³/mol. The quantitative estimate of drug-likeness (QED) is 0.469. The van der Waals surface area contributed by atoms with Gasteiger partial charge in [0.25, 0.3) is 0 Å². The molecule has 0 atom stereocenters. The molecule has 0 radical (unpaired) electrons. The summed E-state index contributed by atoms with van der Waals surface area (Å²) in [6, 6.07) is 0. The van der Waals surface area contributed by atoms with Crippen molar-refractivity contribution in [2.75, 3.05) is 7.11 Å². The Morgan fingerprint density at radius 3 is 2.08 bits per heavy atom. The first kappa shape index (κ1) is 11.8. The molecule has 0 saturated heterocycles. The van der Waals surface area contributed by atoms with Crippen LogP contribution in [-0.4, -0.2) is 24.6 Å². The summed E-state index contributed by atoms with van der Waals surface area (Å²) >= 11 is 0. The SMILES string of the molecule is COC(=O)CC(=O)CC(=O)C(C)C. The van der Waals surface area contributed by atoms with Crippen molar-refractivity contribution in [2.45, 2.75) is 26.7 Å². The largest absolute Gasteiger partial charge is 0.469 e. The minimum Gasteiger partial charge on any atom is -0.469 e. The monoisotopic (exact) mass is 186 g/mol. The summed E-state index contributed by atoms with van der Waals surface area (Å²) in [5.41, 5.74) is 0. The van der Waals surface area contributed by atoms with Crippen LogP contribution in [0.25, 0.3) is 0 Å². The van der Waals surface area contributed by atoms with Crippen LogP contribution < -0.4 is 0 Å². The number of ether oxygens (including phenoxy) is 1. The number of methoxy groups -OCH3 is 1. The summed E-state index contributed by atoms with van der Waals surface area (Å²) in [6.45, 7) is 3.43. The van der Waals surface area contributed by atoms with Crippen LogP contribution in [0.4, 0.5) is 0 Å². The molecular formula is C9H14O4. The number of ketones is 2. The van der Waals surface area contributed by atoms with Crippen molar-refractivity contribution in [1.29, 1.82) is 0 Å². The van der Waals surface area contributed by atoms with Gasteiger partial charge in [-0.15, -0.1) is 0 Å². The Balaban J connectivity index is 3.88. The molecule has 0 fully saturated rings. The zero-order valence-corrected chi connectivity index (χ0v) is 8.12. The third-order valence-corrected chi connectivity index (χ3v) is 1.58. The van der Waals surface area contributed by atoms with E-state index in [1.807, 2.05) is 0 Å². The van der Waals surface area contributed by atoms with Gasteiger partial charge < -0.3 is 4.74 Å². The van der Waals surface area contributed by atoms with E-state index in [-0.39, 0.29) is 30.3 Å². The van der Waals surface area contributed by atoms with Crippen molar-refractivity contribution in [3.63, 3.8) is 0 Å². The summed E-state index contributed by atoms with van der Waals surface area (Å²) in [5, 5.41) is 0. The van der Waals surface area contributed by atoms with E-state index in [0.29, 0.717) is 0 Å². The molecule has 0 aromatic rings. The molecule has 0 rings (SSSR count). The Morgan fingerprint density at radius 1 is 1.15 bits per heavy atom. The standard InChI is InChI=1S/C9H14O4/c1-6(2)8(11)4-7(10)5-9(12)13-3/h6H,4-5H2,1-3H3. The van der Waals surface area contributed by atoms with Gasteiger partial charge in [0.1, 0.15) is 12.2 Å². The lowest BCUT2D eigenvalue weighted by Gasteiger charge is -2.02. The van der Waals surface area contributed by atoms with Crippen LogP contribution in [-0.2, 0) is 19.1 Å². The van der Waals surface area contributed by atoms with Gasteiger partial charge in [-0.2, -0.15) is 0 Å². The van der Waals surface area contributed by atoms with E-state index in [4.69, 9.17) is 0 Å². The molecule has 0 aromatic heterocycles. The molecule has 4 heteroatoms. The summed E-state index contributed by atoms with van der Waals surface area (Å²) in [5.74, 6) is -1.29. The smallest absolute Gasteiger partial charge is 0.313 e. The fourth-order valence-electron chi connectivity index (χ4n) is 0.694. The lowest BCUT2D eigenvalue weighted by atomic mass is 10.0. The molecule has 74 valence electrons. The van der Waals surface area contributed by atoms with Crippen LogP contribution in [0.5, 0.6) is 0 Å². The molecule has 0 aliphatic rings. The lowest BCUT2D eigenvalue weighted by Crippen LogP contribution is -2.16. The third-order valence-electron chi connectivity index (χ3n) is 1.58. The molecule has 13 heavy (non-hydrogen) atoms. The van der Waals surface area contributed by atoms with E-state index in [9.17, 15) is 14.4 Å². The molecule has 0 aromatic carbocycles. The van der Waals surface area contributed by atoms with Crippen LogP contribution in [0.3, 0.4) is 0 Å². The first-order valence-electron chi connectivity index (χ1n) is 4.08. The Hall–Kier alpha value is -1.19. The molecule has 4 nitrogen and oxygen atoms in total. The second-order valence-corrected chi connectivity index (χ2v) is 3.09. The second kappa shape index (κ2) is 5.45. The van der Waals surface area contributed by atoms with Crippen molar-refractivity contribution in [3.05, 3.63) is 0 Å². The van der Waals surface area contributed by atoms with Crippen LogP contribution in [0.2, 0.25) is 0 Å². The summed E-state index contributed by atoms with van der Waals surface area (Å²) in [7, 11) is 1.21. The highest BCUT2D eigenvalue weighted by atomic mass is 16.5. The molecular weight excluding hydrogens is 172 g/mol. The molecule has 0 aliphatic carbocycles. The maximum absolute atomic E-state index is 11.1. The zero-order valence-electron chi connectivity index (χ0n) is 8.12. The molecule has 0 aliphatic heterocycles. The fraction of sp³-hybridized carbons (Fsp3) is 0.667. The van der Waals surface area contributed by atoms with Gasteiger partial charge >= 0.3 is 5.97 Å². The number of hydrogen-bond donors (Lipinski definition) is 0.